The molecule has 80 valence electrons. The molecular weight excluding hydrogens is 168 g/mol. The van der Waals surface area contributed by atoms with Gasteiger partial charge in [0.15, 0.2) is 0 Å². The Labute approximate surface area is 89.5 Å². The zero-order valence-electron chi connectivity index (χ0n) is 9.67. The first-order valence-corrected chi connectivity index (χ1v) is 6.58. The summed E-state index contributed by atoms with van der Waals surface area (Å²) in [7, 11) is 0. The van der Waals surface area contributed by atoms with E-state index in [2.05, 4.69) is 13.8 Å². The van der Waals surface area contributed by atoms with E-state index >= 15 is 0 Å². The third-order valence-electron chi connectivity index (χ3n) is 4.62. The minimum absolute atomic E-state index is 0.772. The van der Waals surface area contributed by atoms with Gasteiger partial charge in [-0.25, -0.2) is 0 Å². The van der Waals surface area contributed by atoms with E-state index in [1.807, 2.05) is 0 Å². The monoisotopic (exact) mass is 193 g/mol. The van der Waals surface area contributed by atoms with Gasteiger partial charge in [0, 0.05) is 0 Å². The summed E-state index contributed by atoms with van der Waals surface area (Å²) < 4.78 is 0. The lowest BCUT2D eigenvalue weighted by Crippen LogP contribution is -2.24. The predicted molar refractivity (Wildman–Crippen MR) is 61.9 cm³/mol. The molecule has 0 heteroatoms. The average Bonchev–Trinajstić information content (AvgIpc) is 2.21. The van der Waals surface area contributed by atoms with Gasteiger partial charge in [-0.3, -0.25) is 0 Å². The van der Waals surface area contributed by atoms with Crippen LogP contribution in [0.25, 0.3) is 0 Å². The second kappa shape index (κ2) is 4.59. The van der Waals surface area contributed by atoms with Crippen molar-refractivity contribution in [3.63, 3.8) is 0 Å². The zero-order valence-corrected chi connectivity index (χ0v) is 9.67. The van der Waals surface area contributed by atoms with E-state index in [1.54, 1.807) is 0 Å². The molecule has 2 saturated carbocycles. The van der Waals surface area contributed by atoms with Gasteiger partial charge >= 0.3 is 0 Å². The van der Waals surface area contributed by atoms with Crippen molar-refractivity contribution in [1.29, 1.82) is 0 Å². The Morgan fingerprint density at radius 1 is 0.714 bits per heavy atom. The maximum atomic E-state index is 4.19. The molecule has 0 spiro atoms. The molecule has 0 aromatic heterocycles. The van der Waals surface area contributed by atoms with Crippen molar-refractivity contribution in [2.24, 2.45) is 23.7 Å². The van der Waals surface area contributed by atoms with Crippen LogP contribution in [0.1, 0.15) is 58.3 Å². The average molecular weight is 193 g/mol. The van der Waals surface area contributed by atoms with E-state index in [0.29, 0.717) is 0 Å². The largest absolute Gasteiger partial charge is 0.0953 e. The number of rotatable bonds is 1. The summed E-state index contributed by atoms with van der Waals surface area (Å²) in [6.07, 6.45) is 11.8. The first-order chi connectivity index (χ1) is 6.75. The Hall–Kier alpha value is -0.130. The van der Waals surface area contributed by atoms with Gasteiger partial charge in [-0.1, -0.05) is 19.8 Å². The van der Waals surface area contributed by atoms with Crippen LogP contribution in [-0.4, -0.2) is 0 Å². The van der Waals surface area contributed by atoms with Crippen LogP contribution in [0.3, 0.4) is 0 Å². The smallest absolute Gasteiger partial charge is 0.0625 e. The summed E-state index contributed by atoms with van der Waals surface area (Å²) >= 11 is 0. The molecule has 0 amide bonds. The van der Waals surface area contributed by atoms with Crippen LogP contribution >= 0.6 is 0 Å². The summed E-state index contributed by atoms with van der Waals surface area (Å²) in [6.45, 7) is 6.61. The van der Waals surface area contributed by atoms with Crippen molar-refractivity contribution in [2.45, 2.75) is 58.3 Å². The van der Waals surface area contributed by atoms with E-state index in [9.17, 15) is 0 Å². The fraction of sp³-hybridized carbons (Fsp3) is 0.929. The van der Waals surface area contributed by atoms with Crippen LogP contribution in [0.5, 0.6) is 0 Å². The minimum Gasteiger partial charge on any atom is -0.0625 e. The molecule has 0 aromatic rings. The topological polar surface area (TPSA) is 0 Å². The van der Waals surface area contributed by atoms with Gasteiger partial charge in [-0.05, 0) is 56.3 Å². The highest BCUT2D eigenvalue weighted by atomic mass is 14.3. The van der Waals surface area contributed by atoms with Gasteiger partial charge in [0.1, 0.15) is 0 Å². The predicted octanol–water partition coefficient (Wildman–Crippen LogP) is 4.45. The van der Waals surface area contributed by atoms with Gasteiger partial charge in [0.2, 0.25) is 0 Å². The zero-order chi connectivity index (χ0) is 9.97. The molecule has 2 aliphatic carbocycles. The fourth-order valence-corrected chi connectivity index (χ4v) is 3.42. The number of hydrogen-bond donors (Lipinski definition) is 0. The highest BCUT2D eigenvalue weighted by Crippen LogP contribution is 2.40. The Morgan fingerprint density at radius 2 is 1.14 bits per heavy atom. The maximum Gasteiger partial charge on any atom is 0.0953 e. The molecule has 0 heterocycles. The van der Waals surface area contributed by atoms with Gasteiger partial charge in [0.05, 0.1) is 12.8 Å². The van der Waals surface area contributed by atoms with Crippen molar-refractivity contribution in [1.82, 2.24) is 0 Å². The lowest BCUT2D eigenvalue weighted by molar-refractivity contribution is 0.160. The SMILES string of the molecule is [CH2+]C1CCC(C2CCC(C)CC2)CC1. The summed E-state index contributed by atoms with van der Waals surface area (Å²) in [5, 5.41) is 0. The van der Waals surface area contributed by atoms with E-state index in [0.717, 1.165) is 23.7 Å². The van der Waals surface area contributed by atoms with Crippen LogP contribution in [0.15, 0.2) is 0 Å². The van der Waals surface area contributed by atoms with Gasteiger partial charge in [-0.2, -0.15) is 0 Å². The summed E-state index contributed by atoms with van der Waals surface area (Å²) in [5.41, 5.74) is 0. The van der Waals surface area contributed by atoms with Crippen molar-refractivity contribution in [2.75, 3.05) is 0 Å². The molecule has 0 N–H and O–H groups in total. The molecule has 2 aliphatic rings. The van der Waals surface area contributed by atoms with E-state index in [1.165, 1.54) is 51.4 Å². The van der Waals surface area contributed by atoms with Gasteiger partial charge in [0.25, 0.3) is 0 Å². The first-order valence-electron chi connectivity index (χ1n) is 6.58. The molecule has 2 rings (SSSR count). The highest BCUT2D eigenvalue weighted by Gasteiger charge is 2.30. The summed E-state index contributed by atoms with van der Waals surface area (Å²) in [4.78, 5) is 0. The van der Waals surface area contributed by atoms with E-state index < -0.39 is 0 Å². The van der Waals surface area contributed by atoms with Gasteiger partial charge < -0.3 is 0 Å². The molecule has 0 aliphatic heterocycles. The molecule has 0 bridgehead atoms. The Morgan fingerprint density at radius 3 is 1.64 bits per heavy atom. The molecule has 0 saturated heterocycles. The van der Waals surface area contributed by atoms with Crippen molar-refractivity contribution < 1.29 is 0 Å². The summed E-state index contributed by atoms with van der Waals surface area (Å²) in [5.74, 6) is 3.93. The highest BCUT2D eigenvalue weighted by molar-refractivity contribution is 4.81. The quantitative estimate of drug-likeness (QED) is 0.540. The molecule has 2 fully saturated rings. The minimum atomic E-state index is 0.772. The van der Waals surface area contributed by atoms with Crippen molar-refractivity contribution in [3.05, 3.63) is 6.92 Å². The second-order valence-corrected chi connectivity index (χ2v) is 5.80. The van der Waals surface area contributed by atoms with E-state index in [4.69, 9.17) is 0 Å². The summed E-state index contributed by atoms with van der Waals surface area (Å²) in [6, 6.07) is 0. The third kappa shape index (κ3) is 2.46. The van der Waals surface area contributed by atoms with Gasteiger partial charge in [-0.15, -0.1) is 0 Å². The van der Waals surface area contributed by atoms with Crippen molar-refractivity contribution >= 4 is 0 Å². The van der Waals surface area contributed by atoms with Crippen molar-refractivity contribution in [3.8, 4) is 0 Å². The lowest BCUT2D eigenvalue weighted by atomic mass is 9.70. The lowest BCUT2D eigenvalue weighted by Gasteiger charge is -2.35. The van der Waals surface area contributed by atoms with Crippen LogP contribution in [0, 0.1) is 30.6 Å². The normalized spacial score (nSPS) is 44.9. The first kappa shape index (κ1) is 10.4. The Balaban J connectivity index is 1.78. The standard InChI is InChI=1S/C14H25/c1-11-3-7-13(8-4-11)14-9-5-12(2)6-10-14/h11-14H,1,3-10H2,2H3/q+1. The van der Waals surface area contributed by atoms with Crippen LogP contribution < -0.4 is 0 Å². The van der Waals surface area contributed by atoms with E-state index in [-0.39, 0.29) is 0 Å². The molecule has 0 aromatic carbocycles. The molecular formula is C14H25+. The molecule has 0 radical (unpaired) electrons. The number of hydrogen-bond acceptors (Lipinski definition) is 0. The molecule has 0 atom stereocenters. The second-order valence-electron chi connectivity index (χ2n) is 5.80. The fourth-order valence-electron chi connectivity index (χ4n) is 3.42. The third-order valence-corrected chi connectivity index (χ3v) is 4.62. The van der Waals surface area contributed by atoms with Crippen LogP contribution in [0.4, 0.5) is 0 Å². The Kier molecular flexibility index (Phi) is 3.41. The molecule has 0 unspecified atom stereocenters. The Bertz CT molecular complexity index is 137. The molecule has 0 nitrogen and oxygen atoms in total. The van der Waals surface area contributed by atoms with Crippen LogP contribution in [0.2, 0.25) is 0 Å². The van der Waals surface area contributed by atoms with Crippen LogP contribution in [-0.2, 0) is 0 Å². The maximum absolute atomic E-state index is 4.19. The molecule has 14 heavy (non-hydrogen) atoms.